The molecule has 100 valence electrons. The van der Waals surface area contributed by atoms with E-state index in [0.29, 0.717) is 11.3 Å². The number of aromatic nitrogens is 1. The van der Waals surface area contributed by atoms with Gasteiger partial charge in [0.1, 0.15) is 11.6 Å². The molecule has 0 spiro atoms. The molecule has 1 heterocycles. The molecule has 4 heteroatoms. The van der Waals surface area contributed by atoms with Crippen molar-refractivity contribution in [3.05, 3.63) is 69.9 Å². The predicted octanol–water partition coefficient (Wildman–Crippen LogP) is 3.78. The van der Waals surface area contributed by atoms with E-state index in [1.54, 1.807) is 6.92 Å². The van der Waals surface area contributed by atoms with Crippen LogP contribution in [-0.2, 0) is 0 Å². The smallest absolute Gasteiger partial charge is 0.193 e. The van der Waals surface area contributed by atoms with Gasteiger partial charge in [0, 0.05) is 11.6 Å². The van der Waals surface area contributed by atoms with Crippen molar-refractivity contribution in [3.63, 3.8) is 0 Å². The number of fused-ring (bicyclic) bond motifs is 1. The molecule has 1 N–H and O–H groups in total. The Kier molecular flexibility index (Phi) is 2.86. The van der Waals surface area contributed by atoms with E-state index in [9.17, 15) is 13.6 Å². The Morgan fingerprint density at radius 1 is 1.05 bits per heavy atom. The van der Waals surface area contributed by atoms with Gasteiger partial charge in [-0.2, -0.15) is 0 Å². The molecule has 0 saturated carbocycles. The van der Waals surface area contributed by atoms with Gasteiger partial charge in [0.2, 0.25) is 0 Å². The van der Waals surface area contributed by atoms with Crippen LogP contribution in [0.2, 0.25) is 0 Å². The van der Waals surface area contributed by atoms with Crippen molar-refractivity contribution in [2.75, 3.05) is 0 Å². The first-order valence-corrected chi connectivity index (χ1v) is 6.15. The molecule has 0 radical (unpaired) electrons. The Balaban J connectivity index is 2.42. The van der Waals surface area contributed by atoms with E-state index < -0.39 is 11.6 Å². The van der Waals surface area contributed by atoms with Gasteiger partial charge in [-0.25, -0.2) is 8.78 Å². The molecule has 0 unspecified atom stereocenters. The van der Waals surface area contributed by atoms with E-state index in [1.165, 1.54) is 0 Å². The number of benzene rings is 2. The third kappa shape index (κ3) is 1.90. The lowest BCUT2D eigenvalue weighted by Gasteiger charge is -2.09. The van der Waals surface area contributed by atoms with Crippen molar-refractivity contribution in [3.8, 4) is 11.3 Å². The topological polar surface area (TPSA) is 32.9 Å². The Morgan fingerprint density at radius 2 is 1.75 bits per heavy atom. The van der Waals surface area contributed by atoms with Gasteiger partial charge in [-0.1, -0.05) is 30.3 Å². The first-order valence-electron chi connectivity index (χ1n) is 6.15. The van der Waals surface area contributed by atoms with Gasteiger partial charge in [-0.05, 0) is 18.6 Å². The summed E-state index contributed by atoms with van der Waals surface area (Å²) in [6, 6.07) is 11.0. The van der Waals surface area contributed by atoms with Crippen LogP contribution >= 0.6 is 0 Å². The molecule has 2 aromatic carbocycles. The predicted molar refractivity (Wildman–Crippen MR) is 74.7 cm³/mol. The summed E-state index contributed by atoms with van der Waals surface area (Å²) < 4.78 is 27.1. The molecule has 20 heavy (non-hydrogen) atoms. The van der Waals surface area contributed by atoms with Crippen LogP contribution in [0.5, 0.6) is 0 Å². The van der Waals surface area contributed by atoms with E-state index in [1.807, 2.05) is 30.3 Å². The number of hydrogen-bond acceptors (Lipinski definition) is 1. The lowest BCUT2D eigenvalue weighted by atomic mass is 10.0. The fraction of sp³-hybridized carbons (Fsp3) is 0.0625. The Hall–Kier alpha value is -2.49. The summed E-state index contributed by atoms with van der Waals surface area (Å²) in [6.07, 6.45) is 0. The van der Waals surface area contributed by atoms with Gasteiger partial charge in [0.05, 0.1) is 16.6 Å². The minimum Gasteiger partial charge on any atom is -0.352 e. The Bertz CT molecular complexity index is 854. The molecule has 0 aliphatic rings. The SMILES string of the molecule is Cc1c(-c2ccccc2)[nH]c2c(F)cc(F)cc2c1=O. The van der Waals surface area contributed by atoms with Crippen molar-refractivity contribution in [2.45, 2.75) is 6.92 Å². The first-order chi connectivity index (χ1) is 9.58. The molecule has 0 aliphatic heterocycles. The second-order valence-corrected chi connectivity index (χ2v) is 4.63. The van der Waals surface area contributed by atoms with Crippen molar-refractivity contribution in [1.29, 1.82) is 0 Å². The number of rotatable bonds is 1. The molecule has 0 atom stereocenters. The molecule has 3 rings (SSSR count). The van der Waals surface area contributed by atoms with Crippen molar-refractivity contribution in [1.82, 2.24) is 4.98 Å². The fourth-order valence-electron chi connectivity index (χ4n) is 2.31. The minimum absolute atomic E-state index is 0.0275. The largest absolute Gasteiger partial charge is 0.352 e. The van der Waals surface area contributed by atoms with Crippen molar-refractivity contribution < 1.29 is 8.78 Å². The third-order valence-corrected chi connectivity index (χ3v) is 3.33. The monoisotopic (exact) mass is 271 g/mol. The summed E-state index contributed by atoms with van der Waals surface area (Å²) in [5.74, 6) is -1.53. The summed E-state index contributed by atoms with van der Waals surface area (Å²) >= 11 is 0. The van der Waals surface area contributed by atoms with Crippen LogP contribution in [0, 0.1) is 18.6 Å². The normalized spacial score (nSPS) is 10.9. The van der Waals surface area contributed by atoms with Gasteiger partial charge in [-0.3, -0.25) is 4.79 Å². The van der Waals surface area contributed by atoms with Crippen LogP contribution in [0.15, 0.2) is 47.3 Å². The highest BCUT2D eigenvalue weighted by Crippen LogP contribution is 2.23. The molecule has 0 fully saturated rings. The van der Waals surface area contributed by atoms with Gasteiger partial charge < -0.3 is 4.98 Å². The summed E-state index contributed by atoms with van der Waals surface area (Å²) in [6.45, 7) is 1.64. The standard InChI is InChI=1S/C16H11F2NO/c1-9-14(10-5-3-2-4-6-10)19-15-12(16(9)20)7-11(17)8-13(15)18/h2-8H,1H3,(H,19,20). The summed E-state index contributed by atoms with van der Waals surface area (Å²) in [4.78, 5) is 15.2. The zero-order chi connectivity index (χ0) is 14.3. The van der Waals surface area contributed by atoms with Crippen LogP contribution in [0.4, 0.5) is 8.78 Å². The van der Waals surface area contributed by atoms with E-state index in [-0.39, 0.29) is 16.3 Å². The summed E-state index contributed by atoms with van der Waals surface area (Å²) in [7, 11) is 0. The van der Waals surface area contributed by atoms with Gasteiger partial charge >= 0.3 is 0 Å². The van der Waals surface area contributed by atoms with Crippen LogP contribution in [0.3, 0.4) is 0 Å². The highest BCUT2D eigenvalue weighted by molar-refractivity contribution is 5.83. The van der Waals surface area contributed by atoms with E-state index in [2.05, 4.69) is 4.98 Å². The number of halogens is 2. The highest BCUT2D eigenvalue weighted by Gasteiger charge is 2.13. The molecule has 0 bridgehead atoms. The maximum atomic E-state index is 13.8. The van der Waals surface area contributed by atoms with Gasteiger partial charge in [0.15, 0.2) is 5.43 Å². The van der Waals surface area contributed by atoms with Crippen LogP contribution < -0.4 is 5.43 Å². The molecule has 0 amide bonds. The molecular formula is C16H11F2NO. The van der Waals surface area contributed by atoms with Crippen molar-refractivity contribution in [2.24, 2.45) is 0 Å². The van der Waals surface area contributed by atoms with E-state index in [4.69, 9.17) is 0 Å². The first kappa shape index (κ1) is 12.5. The van der Waals surface area contributed by atoms with E-state index in [0.717, 1.165) is 17.7 Å². The second-order valence-electron chi connectivity index (χ2n) is 4.63. The fourth-order valence-corrected chi connectivity index (χ4v) is 2.31. The maximum Gasteiger partial charge on any atom is 0.193 e. The van der Waals surface area contributed by atoms with Crippen LogP contribution in [0.25, 0.3) is 22.2 Å². The number of hydrogen-bond donors (Lipinski definition) is 1. The molecule has 0 saturated heterocycles. The average molecular weight is 271 g/mol. The third-order valence-electron chi connectivity index (χ3n) is 3.33. The number of aromatic amines is 1. The maximum absolute atomic E-state index is 13.8. The van der Waals surface area contributed by atoms with Crippen LogP contribution in [0.1, 0.15) is 5.56 Å². The Labute approximate surface area is 113 Å². The second kappa shape index (κ2) is 4.56. The molecule has 0 aliphatic carbocycles. The molecule has 1 aromatic heterocycles. The lowest BCUT2D eigenvalue weighted by Crippen LogP contribution is -2.10. The molecular weight excluding hydrogens is 260 g/mol. The van der Waals surface area contributed by atoms with E-state index >= 15 is 0 Å². The minimum atomic E-state index is -0.769. The number of nitrogens with one attached hydrogen (secondary N) is 1. The quantitative estimate of drug-likeness (QED) is 0.717. The molecule has 2 nitrogen and oxygen atoms in total. The zero-order valence-corrected chi connectivity index (χ0v) is 10.7. The summed E-state index contributed by atoms with van der Waals surface area (Å²) in [5.41, 5.74) is 1.44. The van der Waals surface area contributed by atoms with Crippen LogP contribution in [-0.4, -0.2) is 4.98 Å². The average Bonchev–Trinajstić information content (AvgIpc) is 2.44. The van der Waals surface area contributed by atoms with Gasteiger partial charge in [-0.15, -0.1) is 0 Å². The van der Waals surface area contributed by atoms with Crippen molar-refractivity contribution >= 4 is 10.9 Å². The zero-order valence-electron chi connectivity index (χ0n) is 10.7. The summed E-state index contributed by atoms with van der Waals surface area (Å²) in [5, 5.41) is 0.0275. The number of pyridine rings is 1. The lowest BCUT2D eigenvalue weighted by molar-refractivity contribution is 0.590. The molecule has 3 aromatic rings. The van der Waals surface area contributed by atoms with Gasteiger partial charge in [0.25, 0.3) is 0 Å². The number of H-pyrrole nitrogens is 1. The Morgan fingerprint density at radius 3 is 2.45 bits per heavy atom. The highest BCUT2D eigenvalue weighted by atomic mass is 19.1.